The minimum absolute atomic E-state index is 0.106. The zero-order chi connectivity index (χ0) is 10.0. The van der Waals surface area contributed by atoms with E-state index in [9.17, 15) is 5.11 Å². The SMILES string of the molecule is CC1(CO)C=C(c2ccccc2)NC1. The summed E-state index contributed by atoms with van der Waals surface area (Å²) in [5.74, 6) is 0. The first-order valence-corrected chi connectivity index (χ1v) is 4.86. The largest absolute Gasteiger partial charge is 0.395 e. The van der Waals surface area contributed by atoms with Crippen LogP contribution in [0.15, 0.2) is 36.4 Å². The highest BCUT2D eigenvalue weighted by Gasteiger charge is 2.27. The molecule has 0 radical (unpaired) electrons. The highest BCUT2D eigenvalue weighted by atomic mass is 16.3. The fraction of sp³-hybridized carbons (Fsp3) is 0.333. The van der Waals surface area contributed by atoms with Gasteiger partial charge in [0.05, 0.1) is 6.61 Å². The molecule has 2 heteroatoms. The molecule has 1 atom stereocenters. The maximum atomic E-state index is 9.21. The quantitative estimate of drug-likeness (QED) is 0.741. The van der Waals surface area contributed by atoms with Gasteiger partial charge in [-0.25, -0.2) is 0 Å². The van der Waals surface area contributed by atoms with Gasteiger partial charge in [-0.2, -0.15) is 0 Å². The van der Waals surface area contributed by atoms with Crippen LogP contribution in [0.5, 0.6) is 0 Å². The molecule has 0 aliphatic carbocycles. The van der Waals surface area contributed by atoms with Gasteiger partial charge in [0.1, 0.15) is 0 Å². The Balaban J connectivity index is 2.27. The second kappa shape index (κ2) is 3.46. The standard InChI is InChI=1S/C12H15NO/c1-12(9-14)7-11(13-8-12)10-5-3-2-4-6-10/h2-7,13-14H,8-9H2,1H3. The molecular weight excluding hydrogens is 174 g/mol. The average Bonchev–Trinajstić information content (AvgIpc) is 2.63. The second-order valence-electron chi connectivity index (χ2n) is 4.09. The fourth-order valence-electron chi connectivity index (χ4n) is 1.65. The highest BCUT2D eigenvalue weighted by molar-refractivity contribution is 5.66. The predicted molar refractivity (Wildman–Crippen MR) is 57.6 cm³/mol. The number of hydrogen-bond donors (Lipinski definition) is 2. The van der Waals surface area contributed by atoms with Crippen LogP contribution in [-0.4, -0.2) is 18.3 Å². The molecule has 0 bridgehead atoms. The molecular formula is C12H15NO. The van der Waals surface area contributed by atoms with Crippen LogP contribution in [0, 0.1) is 5.41 Å². The van der Waals surface area contributed by atoms with E-state index in [0.29, 0.717) is 0 Å². The number of benzene rings is 1. The van der Waals surface area contributed by atoms with Crippen molar-refractivity contribution in [2.24, 2.45) is 5.41 Å². The van der Waals surface area contributed by atoms with Crippen LogP contribution < -0.4 is 5.32 Å². The van der Waals surface area contributed by atoms with Gasteiger partial charge in [-0.1, -0.05) is 43.3 Å². The minimum atomic E-state index is -0.106. The van der Waals surface area contributed by atoms with Gasteiger partial charge in [0.15, 0.2) is 0 Å². The van der Waals surface area contributed by atoms with E-state index in [-0.39, 0.29) is 12.0 Å². The number of rotatable bonds is 2. The summed E-state index contributed by atoms with van der Waals surface area (Å²) in [6.45, 7) is 3.06. The maximum Gasteiger partial charge on any atom is 0.0537 e. The topological polar surface area (TPSA) is 32.3 Å². The van der Waals surface area contributed by atoms with Gasteiger partial charge in [0.2, 0.25) is 0 Å². The molecule has 2 rings (SSSR count). The molecule has 0 saturated heterocycles. The Morgan fingerprint density at radius 1 is 1.36 bits per heavy atom. The lowest BCUT2D eigenvalue weighted by Crippen LogP contribution is -2.24. The van der Waals surface area contributed by atoms with Crippen molar-refractivity contribution in [1.82, 2.24) is 5.32 Å². The van der Waals surface area contributed by atoms with Gasteiger partial charge >= 0.3 is 0 Å². The zero-order valence-electron chi connectivity index (χ0n) is 8.33. The summed E-state index contributed by atoms with van der Waals surface area (Å²) in [5.41, 5.74) is 2.21. The zero-order valence-corrected chi connectivity index (χ0v) is 8.33. The number of aliphatic hydroxyl groups excluding tert-OH is 1. The molecule has 1 heterocycles. The minimum Gasteiger partial charge on any atom is -0.395 e. The Hall–Kier alpha value is -1.28. The Morgan fingerprint density at radius 3 is 2.64 bits per heavy atom. The maximum absolute atomic E-state index is 9.21. The van der Waals surface area contributed by atoms with Crippen molar-refractivity contribution in [3.8, 4) is 0 Å². The average molecular weight is 189 g/mol. The molecule has 1 aliphatic heterocycles. The van der Waals surface area contributed by atoms with Crippen LogP contribution >= 0.6 is 0 Å². The third kappa shape index (κ3) is 1.66. The third-order valence-corrected chi connectivity index (χ3v) is 2.62. The van der Waals surface area contributed by atoms with Crippen molar-refractivity contribution < 1.29 is 5.11 Å². The van der Waals surface area contributed by atoms with Crippen LogP contribution in [0.1, 0.15) is 12.5 Å². The fourth-order valence-corrected chi connectivity index (χ4v) is 1.65. The molecule has 1 aromatic carbocycles. The number of aliphatic hydroxyl groups is 1. The number of nitrogens with one attached hydrogen (secondary N) is 1. The van der Waals surface area contributed by atoms with Gasteiger partial charge in [0.25, 0.3) is 0 Å². The molecule has 2 N–H and O–H groups in total. The van der Waals surface area contributed by atoms with Gasteiger partial charge < -0.3 is 10.4 Å². The molecule has 1 aromatic rings. The van der Waals surface area contributed by atoms with Crippen molar-refractivity contribution in [2.45, 2.75) is 6.92 Å². The lowest BCUT2D eigenvalue weighted by Gasteiger charge is -2.15. The first-order valence-electron chi connectivity index (χ1n) is 4.86. The highest BCUT2D eigenvalue weighted by Crippen LogP contribution is 2.28. The molecule has 14 heavy (non-hydrogen) atoms. The summed E-state index contributed by atoms with van der Waals surface area (Å²) in [5, 5.41) is 12.5. The van der Waals surface area contributed by atoms with Gasteiger partial charge in [-0.05, 0) is 5.56 Å². The van der Waals surface area contributed by atoms with Crippen molar-refractivity contribution in [2.75, 3.05) is 13.2 Å². The molecule has 1 unspecified atom stereocenters. The summed E-state index contributed by atoms with van der Waals surface area (Å²) in [6.07, 6.45) is 2.11. The first-order chi connectivity index (χ1) is 6.73. The summed E-state index contributed by atoms with van der Waals surface area (Å²) in [7, 11) is 0. The van der Waals surface area contributed by atoms with Crippen LogP contribution in [0.4, 0.5) is 0 Å². The molecule has 0 saturated carbocycles. The summed E-state index contributed by atoms with van der Waals surface area (Å²) < 4.78 is 0. The Morgan fingerprint density at radius 2 is 2.07 bits per heavy atom. The normalized spacial score (nSPS) is 25.7. The molecule has 2 nitrogen and oxygen atoms in total. The van der Waals surface area contributed by atoms with E-state index in [1.165, 1.54) is 5.56 Å². The van der Waals surface area contributed by atoms with E-state index >= 15 is 0 Å². The first kappa shape index (κ1) is 9.28. The second-order valence-corrected chi connectivity index (χ2v) is 4.09. The monoisotopic (exact) mass is 189 g/mol. The molecule has 1 aliphatic rings. The van der Waals surface area contributed by atoms with E-state index in [1.54, 1.807) is 0 Å². The Bertz CT molecular complexity index is 345. The van der Waals surface area contributed by atoms with E-state index < -0.39 is 0 Å². The van der Waals surface area contributed by atoms with Crippen molar-refractivity contribution in [1.29, 1.82) is 0 Å². The molecule has 0 fully saturated rings. The van der Waals surface area contributed by atoms with Gasteiger partial charge in [-0.15, -0.1) is 0 Å². The number of hydrogen-bond acceptors (Lipinski definition) is 2. The predicted octanol–water partition coefficient (Wildman–Crippen LogP) is 1.63. The Labute approximate surface area is 84.3 Å². The van der Waals surface area contributed by atoms with Gasteiger partial charge in [-0.3, -0.25) is 0 Å². The van der Waals surface area contributed by atoms with E-state index in [0.717, 1.165) is 12.2 Å². The summed E-state index contributed by atoms with van der Waals surface area (Å²) in [4.78, 5) is 0. The van der Waals surface area contributed by atoms with Crippen molar-refractivity contribution in [3.63, 3.8) is 0 Å². The molecule has 0 amide bonds. The summed E-state index contributed by atoms with van der Waals surface area (Å²) >= 11 is 0. The van der Waals surface area contributed by atoms with E-state index in [1.807, 2.05) is 18.2 Å². The lowest BCUT2D eigenvalue weighted by atomic mass is 9.93. The molecule has 0 aromatic heterocycles. The van der Waals surface area contributed by atoms with Crippen molar-refractivity contribution >= 4 is 5.70 Å². The van der Waals surface area contributed by atoms with Crippen LogP contribution in [0.25, 0.3) is 5.70 Å². The molecule has 74 valence electrons. The van der Waals surface area contributed by atoms with Crippen LogP contribution in [0.3, 0.4) is 0 Å². The molecule has 0 spiro atoms. The van der Waals surface area contributed by atoms with Gasteiger partial charge in [0, 0.05) is 17.7 Å². The van der Waals surface area contributed by atoms with Crippen LogP contribution in [-0.2, 0) is 0 Å². The smallest absolute Gasteiger partial charge is 0.0537 e. The van der Waals surface area contributed by atoms with E-state index in [4.69, 9.17) is 0 Å². The van der Waals surface area contributed by atoms with E-state index in [2.05, 4.69) is 30.4 Å². The third-order valence-electron chi connectivity index (χ3n) is 2.62. The lowest BCUT2D eigenvalue weighted by molar-refractivity contribution is 0.192. The Kier molecular flexibility index (Phi) is 2.30. The van der Waals surface area contributed by atoms with Crippen LogP contribution in [0.2, 0.25) is 0 Å². The van der Waals surface area contributed by atoms with Crippen molar-refractivity contribution in [3.05, 3.63) is 42.0 Å². The summed E-state index contributed by atoms with van der Waals surface area (Å²) in [6, 6.07) is 10.2.